The number of carboxylic acids is 1. The number of aliphatic carboxylic acids is 1. The molecule has 31 heavy (non-hydrogen) atoms. The van der Waals surface area contributed by atoms with E-state index >= 15 is 0 Å². The van der Waals surface area contributed by atoms with Gasteiger partial charge in [0.25, 0.3) is 0 Å². The molecule has 4 rings (SSSR count). The lowest BCUT2D eigenvalue weighted by Crippen LogP contribution is -2.32. The zero-order valence-electron chi connectivity index (χ0n) is 16.8. The number of carbonyl (C=O) groups excluding carboxylic acids is 1. The molecule has 1 amide bonds. The summed E-state index contributed by atoms with van der Waals surface area (Å²) in [5, 5.41) is 11.3. The molecule has 0 unspecified atom stereocenters. The zero-order valence-corrected chi connectivity index (χ0v) is 16.8. The van der Waals surface area contributed by atoms with E-state index in [-0.39, 0.29) is 6.54 Å². The number of rotatable bonds is 7. The van der Waals surface area contributed by atoms with Crippen molar-refractivity contribution in [2.24, 2.45) is 0 Å². The van der Waals surface area contributed by atoms with E-state index in [4.69, 9.17) is 9.84 Å². The molecule has 8 heteroatoms. The van der Waals surface area contributed by atoms with Gasteiger partial charge in [0.15, 0.2) is 5.65 Å². The summed E-state index contributed by atoms with van der Waals surface area (Å²) < 4.78 is 7.05. The van der Waals surface area contributed by atoms with Gasteiger partial charge in [-0.3, -0.25) is 9.59 Å². The Bertz CT molecular complexity index is 1250. The average Bonchev–Trinajstić information content (AvgIpc) is 3.16. The first-order valence-corrected chi connectivity index (χ1v) is 9.60. The second-order valence-electron chi connectivity index (χ2n) is 6.86. The van der Waals surface area contributed by atoms with Crippen molar-refractivity contribution in [3.63, 3.8) is 0 Å². The van der Waals surface area contributed by atoms with Crippen LogP contribution < -0.4 is 10.1 Å². The van der Waals surface area contributed by atoms with E-state index in [0.717, 1.165) is 16.7 Å². The molecule has 0 bridgehead atoms. The maximum Gasteiger partial charge on any atom is 0.322 e. The van der Waals surface area contributed by atoms with Gasteiger partial charge in [0.1, 0.15) is 24.7 Å². The number of nitrogens with one attached hydrogen (secondary N) is 1. The fourth-order valence-electron chi connectivity index (χ4n) is 3.31. The average molecular weight is 416 g/mol. The van der Waals surface area contributed by atoms with Crippen LogP contribution in [-0.4, -0.2) is 45.2 Å². The first kappa shape index (κ1) is 20.1. The van der Waals surface area contributed by atoms with Crippen molar-refractivity contribution < 1.29 is 19.4 Å². The molecule has 0 atom stereocenters. The third kappa shape index (κ3) is 4.37. The molecule has 156 valence electrons. The van der Waals surface area contributed by atoms with E-state index in [0.29, 0.717) is 22.7 Å². The highest BCUT2D eigenvalue weighted by Crippen LogP contribution is 2.29. The van der Waals surface area contributed by atoms with Crippen LogP contribution in [-0.2, 0) is 16.1 Å². The third-order valence-corrected chi connectivity index (χ3v) is 4.78. The van der Waals surface area contributed by atoms with Crippen LogP contribution >= 0.6 is 0 Å². The summed E-state index contributed by atoms with van der Waals surface area (Å²) >= 11 is 0. The number of amides is 1. The number of pyridine rings is 1. The Morgan fingerprint density at radius 2 is 1.81 bits per heavy atom. The second-order valence-corrected chi connectivity index (χ2v) is 6.86. The number of carboxylic acid groups (broad SMARTS) is 1. The molecule has 0 aliphatic heterocycles. The molecule has 0 aliphatic carbocycles. The van der Waals surface area contributed by atoms with Crippen molar-refractivity contribution >= 4 is 23.0 Å². The van der Waals surface area contributed by atoms with Gasteiger partial charge in [0, 0.05) is 17.3 Å². The lowest BCUT2D eigenvalue weighted by Gasteiger charge is -2.10. The largest absolute Gasteiger partial charge is 0.497 e. The van der Waals surface area contributed by atoms with Gasteiger partial charge in [-0.15, -0.1) is 0 Å². The van der Waals surface area contributed by atoms with Crippen LogP contribution in [0, 0.1) is 0 Å². The molecule has 4 aromatic rings. The fraction of sp³-hybridized carbons (Fsp3) is 0.130. The highest BCUT2D eigenvalue weighted by atomic mass is 16.5. The van der Waals surface area contributed by atoms with Crippen molar-refractivity contribution in [2.45, 2.75) is 6.54 Å². The molecule has 0 saturated heterocycles. The third-order valence-electron chi connectivity index (χ3n) is 4.78. The van der Waals surface area contributed by atoms with Crippen LogP contribution in [0.5, 0.6) is 5.75 Å². The van der Waals surface area contributed by atoms with E-state index in [9.17, 15) is 9.59 Å². The highest BCUT2D eigenvalue weighted by molar-refractivity contribution is 5.86. The van der Waals surface area contributed by atoms with E-state index in [1.807, 2.05) is 60.7 Å². The second kappa shape index (κ2) is 8.66. The Morgan fingerprint density at radius 1 is 1.03 bits per heavy atom. The number of hydrogen-bond donors (Lipinski definition) is 2. The van der Waals surface area contributed by atoms with Crippen LogP contribution in [0.1, 0.15) is 0 Å². The summed E-state index contributed by atoms with van der Waals surface area (Å²) in [6.07, 6.45) is 1.74. The minimum Gasteiger partial charge on any atom is -0.497 e. The molecule has 2 N–H and O–H groups in total. The van der Waals surface area contributed by atoms with Crippen LogP contribution in [0.3, 0.4) is 0 Å². The van der Waals surface area contributed by atoms with Gasteiger partial charge in [-0.2, -0.15) is 0 Å². The normalized spacial score (nSPS) is 10.7. The van der Waals surface area contributed by atoms with Crippen molar-refractivity contribution in [1.82, 2.24) is 19.9 Å². The Labute approximate surface area is 178 Å². The highest BCUT2D eigenvalue weighted by Gasteiger charge is 2.18. The van der Waals surface area contributed by atoms with Gasteiger partial charge < -0.3 is 19.7 Å². The predicted molar refractivity (Wildman–Crippen MR) is 116 cm³/mol. The zero-order chi connectivity index (χ0) is 21.8. The smallest absolute Gasteiger partial charge is 0.322 e. The Morgan fingerprint density at radius 3 is 2.55 bits per heavy atom. The van der Waals surface area contributed by atoms with Gasteiger partial charge in [0.2, 0.25) is 5.91 Å². The fourth-order valence-corrected chi connectivity index (χ4v) is 3.31. The summed E-state index contributed by atoms with van der Waals surface area (Å²) in [5.41, 5.74) is 3.79. The quantitative estimate of drug-likeness (QED) is 0.480. The molecule has 2 aromatic carbocycles. The summed E-state index contributed by atoms with van der Waals surface area (Å²) in [6.45, 7) is -0.552. The molecule has 8 nitrogen and oxygen atoms in total. The molecular formula is C23H20N4O4. The minimum absolute atomic E-state index is 0.101. The first-order valence-electron chi connectivity index (χ1n) is 9.60. The minimum atomic E-state index is -1.11. The monoisotopic (exact) mass is 416 g/mol. The summed E-state index contributed by atoms with van der Waals surface area (Å²) in [7, 11) is 1.58. The van der Waals surface area contributed by atoms with E-state index < -0.39 is 18.4 Å². The van der Waals surface area contributed by atoms with Gasteiger partial charge in [-0.25, -0.2) is 9.97 Å². The van der Waals surface area contributed by atoms with Gasteiger partial charge >= 0.3 is 5.97 Å². The molecule has 0 fully saturated rings. The Hall–Kier alpha value is -4.20. The Kier molecular flexibility index (Phi) is 5.61. The van der Waals surface area contributed by atoms with Crippen molar-refractivity contribution in [3.8, 4) is 28.3 Å². The van der Waals surface area contributed by atoms with Crippen LogP contribution in [0.4, 0.5) is 0 Å². The van der Waals surface area contributed by atoms with E-state index in [1.165, 1.54) is 0 Å². The lowest BCUT2D eigenvalue weighted by molar-refractivity contribution is -0.138. The number of hydrogen-bond acceptors (Lipinski definition) is 5. The molecule has 2 heterocycles. The molecule has 0 aliphatic rings. The van der Waals surface area contributed by atoms with Crippen LogP contribution in [0.2, 0.25) is 0 Å². The number of nitrogens with zero attached hydrogens (tertiary/aromatic N) is 3. The number of ether oxygens (including phenoxy) is 1. The summed E-state index contributed by atoms with van der Waals surface area (Å²) in [6, 6.07) is 19.1. The SMILES string of the molecule is COc1cccc(-c2nc3ncc(-c4ccccc4)cc3n2CC(=O)NCC(=O)O)c1. The van der Waals surface area contributed by atoms with Gasteiger partial charge in [0.05, 0.1) is 12.6 Å². The van der Waals surface area contributed by atoms with E-state index in [2.05, 4.69) is 15.3 Å². The molecule has 2 aromatic heterocycles. The maximum atomic E-state index is 12.5. The van der Waals surface area contributed by atoms with Crippen LogP contribution in [0.15, 0.2) is 66.9 Å². The van der Waals surface area contributed by atoms with Crippen molar-refractivity contribution in [2.75, 3.05) is 13.7 Å². The molecular weight excluding hydrogens is 396 g/mol. The van der Waals surface area contributed by atoms with Crippen molar-refractivity contribution in [3.05, 3.63) is 66.9 Å². The standard InChI is InChI=1S/C23H20N4O4/c1-31-18-9-5-8-16(10-18)23-26-22-19(27(23)14-20(28)24-13-21(29)30)11-17(12-25-22)15-6-3-2-4-7-15/h2-12H,13-14H2,1H3,(H,24,28)(H,29,30). The van der Waals surface area contributed by atoms with Crippen LogP contribution in [0.25, 0.3) is 33.7 Å². The maximum absolute atomic E-state index is 12.5. The topological polar surface area (TPSA) is 106 Å². The molecule has 0 spiro atoms. The van der Waals surface area contributed by atoms with E-state index in [1.54, 1.807) is 17.9 Å². The molecule has 0 radical (unpaired) electrons. The van der Waals surface area contributed by atoms with Gasteiger partial charge in [-0.05, 0) is 23.8 Å². The lowest BCUT2D eigenvalue weighted by atomic mass is 10.1. The first-order chi connectivity index (χ1) is 15.0. The number of carbonyl (C=O) groups is 2. The van der Waals surface area contributed by atoms with Gasteiger partial charge in [-0.1, -0.05) is 42.5 Å². The summed E-state index contributed by atoms with van der Waals surface area (Å²) in [5.74, 6) is -0.345. The number of aromatic nitrogens is 3. The Balaban J connectivity index is 1.83. The van der Waals surface area contributed by atoms with Crippen molar-refractivity contribution in [1.29, 1.82) is 0 Å². The number of benzene rings is 2. The number of imidazole rings is 1. The number of methoxy groups -OCH3 is 1. The molecule has 0 saturated carbocycles. The predicted octanol–water partition coefficient (Wildman–Crippen LogP) is 2.97. The number of fused-ring (bicyclic) bond motifs is 1. The summed E-state index contributed by atoms with van der Waals surface area (Å²) in [4.78, 5) is 32.4.